The van der Waals surface area contributed by atoms with E-state index in [4.69, 9.17) is 0 Å². The summed E-state index contributed by atoms with van der Waals surface area (Å²) in [5, 5.41) is 18.8. The Morgan fingerprint density at radius 1 is 0.688 bits per heavy atom. The molecule has 0 aromatic heterocycles. The Labute approximate surface area is 101 Å². The summed E-state index contributed by atoms with van der Waals surface area (Å²) in [7, 11) is 0. The minimum absolute atomic E-state index is 0.435. The van der Waals surface area contributed by atoms with Crippen LogP contribution in [0.3, 0.4) is 0 Å². The van der Waals surface area contributed by atoms with Gasteiger partial charge in [0, 0.05) is 6.42 Å². The lowest BCUT2D eigenvalue weighted by Crippen LogP contribution is -2.26. The predicted molar refractivity (Wildman–Crippen MR) is 69.3 cm³/mol. The molecule has 0 aromatic rings. The van der Waals surface area contributed by atoms with Gasteiger partial charge in [-0.1, -0.05) is 65.2 Å². The van der Waals surface area contributed by atoms with E-state index in [1.165, 1.54) is 44.9 Å². The maximum absolute atomic E-state index is 9.38. The Morgan fingerprint density at radius 3 is 1.56 bits per heavy atom. The normalized spacial score (nSPS) is 12.0. The summed E-state index contributed by atoms with van der Waals surface area (Å²) in [4.78, 5) is 0. The van der Waals surface area contributed by atoms with Crippen LogP contribution in [0.2, 0.25) is 0 Å². The first-order chi connectivity index (χ1) is 7.62. The second-order valence-electron chi connectivity index (χ2n) is 4.91. The molecule has 2 heteroatoms. The molecule has 0 heterocycles. The van der Waals surface area contributed by atoms with Crippen LogP contribution in [-0.2, 0) is 0 Å². The third kappa shape index (κ3) is 10.4. The van der Waals surface area contributed by atoms with Gasteiger partial charge in [0.25, 0.3) is 0 Å². The first-order valence-electron chi connectivity index (χ1n) is 7.07. The second-order valence-corrected chi connectivity index (χ2v) is 4.91. The van der Waals surface area contributed by atoms with Gasteiger partial charge in [0.05, 0.1) is 0 Å². The molecule has 0 atom stereocenters. The van der Waals surface area contributed by atoms with Gasteiger partial charge in [-0.05, 0) is 12.8 Å². The third-order valence-corrected chi connectivity index (χ3v) is 3.25. The monoisotopic (exact) mass is 230 g/mol. The molecule has 0 aliphatic carbocycles. The Bertz CT molecular complexity index is 144. The SMILES string of the molecule is CCCCCCCCCCCC(O)(O)CC. The molecule has 0 unspecified atom stereocenters. The largest absolute Gasteiger partial charge is 0.366 e. The first kappa shape index (κ1) is 15.9. The van der Waals surface area contributed by atoms with Crippen LogP contribution in [0.4, 0.5) is 0 Å². The Balaban J connectivity index is 3.10. The van der Waals surface area contributed by atoms with Gasteiger partial charge in [0.1, 0.15) is 0 Å². The summed E-state index contributed by atoms with van der Waals surface area (Å²) >= 11 is 0. The fourth-order valence-electron chi connectivity index (χ4n) is 1.90. The highest BCUT2D eigenvalue weighted by atomic mass is 16.5. The van der Waals surface area contributed by atoms with Crippen LogP contribution >= 0.6 is 0 Å². The topological polar surface area (TPSA) is 40.5 Å². The zero-order chi connectivity index (χ0) is 12.3. The van der Waals surface area contributed by atoms with Crippen LogP contribution in [0.5, 0.6) is 0 Å². The lowest BCUT2D eigenvalue weighted by Gasteiger charge is -2.19. The van der Waals surface area contributed by atoms with E-state index in [2.05, 4.69) is 6.92 Å². The minimum atomic E-state index is -1.42. The summed E-state index contributed by atoms with van der Waals surface area (Å²) < 4.78 is 0. The number of hydrogen-bond donors (Lipinski definition) is 2. The van der Waals surface area contributed by atoms with Crippen molar-refractivity contribution in [3.8, 4) is 0 Å². The van der Waals surface area contributed by atoms with Crippen molar-refractivity contribution in [2.45, 2.75) is 90.3 Å². The van der Waals surface area contributed by atoms with Gasteiger partial charge in [-0.2, -0.15) is 0 Å². The van der Waals surface area contributed by atoms with Crippen molar-refractivity contribution in [2.75, 3.05) is 0 Å². The smallest absolute Gasteiger partial charge is 0.162 e. The van der Waals surface area contributed by atoms with Gasteiger partial charge in [0.2, 0.25) is 0 Å². The average molecular weight is 230 g/mol. The van der Waals surface area contributed by atoms with Crippen molar-refractivity contribution < 1.29 is 10.2 Å². The standard InChI is InChI=1S/C14H30O2/c1-3-5-6-7-8-9-10-11-12-13-14(15,16)4-2/h15-16H,3-13H2,1-2H3. The van der Waals surface area contributed by atoms with Gasteiger partial charge < -0.3 is 10.2 Å². The third-order valence-electron chi connectivity index (χ3n) is 3.25. The van der Waals surface area contributed by atoms with Gasteiger partial charge in [-0.3, -0.25) is 0 Å². The molecule has 16 heavy (non-hydrogen) atoms. The highest BCUT2D eigenvalue weighted by molar-refractivity contribution is 4.61. The molecule has 0 aliphatic heterocycles. The van der Waals surface area contributed by atoms with Crippen molar-refractivity contribution in [3.63, 3.8) is 0 Å². The van der Waals surface area contributed by atoms with Gasteiger partial charge in [-0.25, -0.2) is 0 Å². The number of unbranched alkanes of at least 4 members (excludes halogenated alkanes) is 8. The van der Waals surface area contributed by atoms with E-state index in [0.717, 1.165) is 12.8 Å². The lowest BCUT2D eigenvalue weighted by molar-refractivity contribution is -0.167. The molecule has 0 rings (SSSR count). The Kier molecular flexibility index (Phi) is 10.0. The zero-order valence-electron chi connectivity index (χ0n) is 11.2. The fraction of sp³-hybridized carbons (Fsp3) is 1.00. The van der Waals surface area contributed by atoms with E-state index >= 15 is 0 Å². The second kappa shape index (κ2) is 10.1. The minimum Gasteiger partial charge on any atom is -0.366 e. The molecule has 0 aliphatic rings. The first-order valence-corrected chi connectivity index (χ1v) is 7.07. The van der Waals surface area contributed by atoms with Crippen LogP contribution in [0.25, 0.3) is 0 Å². The molecule has 0 bridgehead atoms. The van der Waals surface area contributed by atoms with Crippen molar-refractivity contribution in [1.29, 1.82) is 0 Å². The highest BCUT2D eigenvalue weighted by Crippen LogP contribution is 2.16. The summed E-state index contributed by atoms with van der Waals surface area (Å²) in [5.41, 5.74) is 0. The molecular formula is C14H30O2. The number of hydrogen-bond acceptors (Lipinski definition) is 2. The van der Waals surface area contributed by atoms with Crippen LogP contribution in [0.1, 0.15) is 84.5 Å². The molecular weight excluding hydrogens is 200 g/mol. The van der Waals surface area contributed by atoms with Crippen molar-refractivity contribution >= 4 is 0 Å². The van der Waals surface area contributed by atoms with Crippen molar-refractivity contribution in [2.24, 2.45) is 0 Å². The average Bonchev–Trinajstić information content (AvgIpc) is 2.27. The molecule has 2 N–H and O–H groups in total. The van der Waals surface area contributed by atoms with E-state index in [-0.39, 0.29) is 0 Å². The molecule has 0 spiro atoms. The lowest BCUT2D eigenvalue weighted by atomic mass is 10.0. The number of aliphatic hydroxyl groups is 2. The Morgan fingerprint density at radius 2 is 1.12 bits per heavy atom. The number of rotatable bonds is 11. The quantitative estimate of drug-likeness (QED) is 0.416. The van der Waals surface area contributed by atoms with Crippen molar-refractivity contribution in [3.05, 3.63) is 0 Å². The van der Waals surface area contributed by atoms with Crippen molar-refractivity contribution in [1.82, 2.24) is 0 Å². The molecule has 0 saturated heterocycles. The van der Waals surface area contributed by atoms with E-state index in [9.17, 15) is 10.2 Å². The molecule has 0 saturated carbocycles. The van der Waals surface area contributed by atoms with Gasteiger partial charge in [0.15, 0.2) is 5.79 Å². The van der Waals surface area contributed by atoms with Gasteiger partial charge in [-0.15, -0.1) is 0 Å². The van der Waals surface area contributed by atoms with E-state index in [0.29, 0.717) is 12.8 Å². The van der Waals surface area contributed by atoms with E-state index in [1.54, 1.807) is 0 Å². The fourth-order valence-corrected chi connectivity index (χ4v) is 1.90. The zero-order valence-corrected chi connectivity index (χ0v) is 11.2. The van der Waals surface area contributed by atoms with Crippen LogP contribution in [-0.4, -0.2) is 16.0 Å². The molecule has 0 radical (unpaired) electrons. The van der Waals surface area contributed by atoms with E-state index < -0.39 is 5.79 Å². The molecule has 98 valence electrons. The Hall–Kier alpha value is -0.0800. The van der Waals surface area contributed by atoms with Crippen LogP contribution in [0, 0.1) is 0 Å². The summed E-state index contributed by atoms with van der Waals surface area (Å²) in [6.07, 6.45) is 12.4. The van der Waals surface area contributed by atoms with Crippen LogP contribution in [0.15, 0.2) is 0 Å². The van der Waals surface area contributed by atoms with Gasteiger partial charge >= 0.3 is 0 Å². The predicted octanol–water partition coefficient (Wildman–Crippen LogP) is 4.00. The highest BCUT2D eigenvalue weighted by Gasteiger charge is 2.18. The van der Waals surface area contributed by atoms with E-state index in [1.807, 2.05) is 6.92 Å². The summed E-state index contributed by atoms with van der Waals surface area (Å²) in [5.74, 6) is -1.42. The summed E-state index contributed by atoms with van der Waals surface area (Å²) in [6, 6.07) is 0. The molecule has 0 amide bonds. The maximum Gasteiger partial charge on any atom is 0.162 e. The van der Waals surface area contributed by atoms with Crippen LogP contribution < -0.4 is 0 Å². The molecule has 0 aromatic carbocycles. The molecule has 2 nitrogen and oxygen atoms in total. The summed E-state index contributed by atoms with van der Waals surface area (Å²) in [6.45, 7) is 4.05. The molecule has 0 fully saturated rings. The maximum atomic E-state index is 9.38.